The van der Waals surface area contributed by atoms with Crippen LogP contribution in [0.15, 0.2) is 53.7 Å². The molecule has 1 aromatic heterocycles. The van der Waals surface area contributed by atoms with Crippen LogP contribution in [0.4, 0.5) is 5.69 Å². The molecule has 0 spiro atoms. The van der Waals surface area contributed by atoms with Crippen molar-refractivity contribution >= 4 is 23.4 Å². The third-order valence-corrected chi connectivity index (χ3v) is 6.05. The van der Waals surface area contributed by atoms with E-state index in [9.17, 15) is 4.79 Å². The number of hydrogen-bond acceptors (Lipinski definition) is 5. The van der Waals surface area contributed by atoms with E-state index in [2.05, 4.69) is 55.3 Å². The second kappa shape index (κ2) is 10.5. The van der Waals surface area contributed by atoms with Crippen LogP contribution in [0, 0.1) is 0 Å². The predicted octanol–water partition coefficient (Wildman–Crippen LogP) is 5.37. The Morgan fingerprint density at radius 3 is 2.42 bits per heavy atom. The smallest absolute Gasteiger partial charge is 0.234 e. The highest BCUT2D eigenvalue weighted by molar-refractivity contribution is 7.99. The summed E-state index contributed by atoms with van der Waals surface area (Å²) in [4.78, 5) is 12.5. The third kappa shape index (κ3) is 6.10. The molecule has 0 atom stereocenters. The molecule has 0 unspecified atom stereocenters. The molecule has 1 amide bonds. The monoisotopic (exact) mass is 438 g/mol. The molecule has 0 bridgehead atoms. The highest BCUT2D eigenvalue weighted by Gasteiger charge is 2.14. The van der Waals surface area contributed by atoms with Gasteiger partial charge in [0.2, 0.25) is 5.91 Å². The minimum absolute atomic E-state index is 0.0656. The van der Waals surface area contributed by atoms with Crippen LogP contribution >= 0.6 is 11.8 Å². The van der Waals surface area contributed by atoms with Gasteiger partial charge in [-0.15, -0.1) is 10.2 Å². The van der Waals surface area contributed by atoms with Gasteiger partial charge in [0.1, 0.15) is 12.4 Å². The van der Waals surface area contributed by atoms with Crippen molar-refractivity contribution in [2.45, 2.75) is 51.3 Å². The molecule has 0 saturated carbocycles. The van der Waals surface area contributed by atoms with Crippen molar-refractivity contribution in [3.8, 4) is 5.75 Å². The van der Waals surface area contributed by atoms with Crippen LogP contribution in [0.3, 0.4) is 0 Å². The van der Waals surface area contributed by atoms with E-state index in [1.807, 2.05) is 48.0 Å². The second-order valence-corrected chi connectivity index (χ2v) is 8.99. The quantitative estimate of drug-likeness (QED) is 0.455. The van der Waals surface area contributed by atoms with E-state index < -0.39 is 0 Å². The number of hydrogen-bond donors (Lipinski definition) is 1. The molecule has 7 heteroatoms. The normalized spacial score (nSPS) is 11.2. The van der Waals surface area contributed by atoms with Crippen molar-refractivity contribution in [1.29, 1.82) is 0 Å². The van der Waals surface area contributed by atoms with Gasteiger partial charge in [-0.2, -0.15) is 0 Å². The Balaban J connectivity index is 1.54. The summed E-state index contributed by atoms with van der Waals surface area (Å²) in [5.41, 5.74) is 3.26. The number of ether oxygens (including phenoxy) is 1. The van der Waals surface area contributed by atoms with Gasteiger partial charge in [0.25, 0.3) is 0 Å². The zero-order valence-electron chi connectivity index (χ0n) is 18.8. The largest absolute Gasteiger partial charge is 0.486 e. The lowest BCUT2D eigenvalue weighted by Crippen LogP contribution is -2.16. The highest BCUT2D eigenvalue weighted by Crippen LogP contribution is 2.24. The van der Waals surface area contributed by atoms with E-state index in [4.69, 9.17) is 4.74 Å². The van der Waals surface area contributed by atoms with E-state index in [1.54, 1.807) is 0 Å². The van der Waals surface area contributed by atoms with Gasteiger partial charge in [0.15, 0.2) is 11.0 Å². The lowest BCUT2D eigenvalue weighted by molar-refractivity contribution is -0.113. The molecule has 2 aromatic carbocycles. The van der Waals surface area contributed by atoms with Gasteiger partial charge in [-0.25, -0.2) is 0 Å². The summed E-state index contributed by atoms with van der Waals surface area (Å²) in [6, 6.07) is 16.0. The maximum atomic E-state index is 12.5. The highest BCUT2D eigenvalue weighted by atomic mass is 32.2. The molecule has 0 saturated heterocycles. The number of anilines is 1. The van der Waals surface area contributed by atoms with Gasteiger partial charge in [-0.3, -0.25) is 4.79 Å². The van der Waals surface area contributed by atoms with Crippen LogP contribution in [0.1, 0.15) is 56.5 Å². The molecule has 6 nitrogen and oxygen atoms in total. The topological polar surface area (TPSA) is 69.0 Å². The molecule has 0 aliphatic rings. The Hall–Kier alpha value is -2.80. The lowest BCUT2D eigenvalue weighted by Gasteiger charge is -2.13. The van der Waals surface area contributed by atoms with Gasteiger partial charge < -0.3 is 14.6 Å². The van der Waals surface area contributed by atoms with Crippen molar-refractivity contribution in [2.75, 3.05) is 11.1 Å². The van der Waals surface area contributed by atoms with Crippen LogP contribution in [-0.4, -0.2) is 26.4 Å². The molecule has 31 heavy (non-hydrogen) atoms. The van der Waals surface area contributed by atoms with Crippen LogP contribution in [-0.2, 0) is 18.4 Å². The fourth-order valence-electron chi connectivity index (χ4n) is 3.12. The summed E-state index contributed by atoms with van der Waals surface area (Å²) in [5, 5.41) is 12.1. The molecule has 1 heterocycles. The number of aromatic nitrogens is 3. The van der Waals surface area contributed by atoms with Crippen molar-refractivity contribution in [3.63, 3.8) is 0 Å². The number of nitrogens with zero attached hydrogens (tertiary/aromatic N) is 3. The fourth-order valence-corrected chi connectivity index (χ4v) is 3.85. The van der Waals surface area contributed by atoms with Crippen LogP contribution in [0.25, 0.3) is 0 Å². The number of amides is 1. The molecule has 3 aromatic rings. The Kier molecular flexibility index (Phi) is 7.74. The number of thioether (sulfide) groups is 1. The summed E-state index contributed by atoms with van der Waals surface area (Å²) < 4.78 is 7.71. The molecule has 1 N–H and O–H groups in total. The lowest BCUT2D eigenvalue weighted by atomic mass is 10.0. The van der Waals surface area contributed by atoms with Crippen LogP contribution < -0.4 is 10.1 Å². The Labute approximate surface area is 188 Å². The SMILES string of the molecule is CC(C)c1ccc(OCc2nnc(SCC(=O)Nc3ccccc3C(C)C)n2C)cc1. The number of rotatable bonds is 9. The van der Waals surface area contributed by atoms with Crippen LogP contribution in [0.2, 0.25) is 0 Å². The van der Waals surface area contributed by atoms with Gasteiger partial charge in [-0.05, 0) is 41.2 Å². The fraction of sp³-hybridized carbons (Fsp3) is 0.375. The van der Waals surface area contributed by atoms with Gasteiger partial charge in [-0.1, -0.05) is 69.8 Å². The minimum Gasteiger partial charge on any atom is -0.486 e. The first-order chi connectivity index (χ1) is 14.8. The summed E-state index contributed by atoms with van der Waals surface area (Å²) in [7, 11) is 1.88. The molecule has 3 rings (SSSR count). The number of carbonyl (C=O) groups excluding carboxylic acids is 1. The van der Waals surface area contributed by atoms with Crippen molar-refractivity contribution in [2.24, 2.45) is 7.05 Å². The first-order valence-electron chi connectivity index (χ1n) is 10.5. The number of carbonyl (C=O) groups is 1. The maximum absolute atomic E-state index is 12.5. The summed E-state index contributed by atoms with van der Waals surface area (Å²) in [5.74, 6) is 2.53. The minimum atomic E-state index is -0.0656. The van der Waals surface area contributed by atoms with E-state index in [0.717, 1.165) is 17.0 Å². The van der Waals surface area contributed by atoms with Crippen molar-refractivity contribution in [1.82, 2.24) is 14.8 Å². The number of benzene rings is 2. The maximum Gasteiger partial charge on any atom is 0.234 e. The van der Waals surface area contributed by atoms with Gasteiger partial charge >= 0.3 is 0 Å². The van der Waals surface area contributed by atoms with Crippen LogP contribution in [0.5, 0.6) is 5.75 Å². The molecule has 0 radical (unpaired) electrons. The number of nitrogens with one attached hydrogen (secondary N) is 1. The van der Waals surface area contributed by atoms with Gasteiger partial charge in [0.05, 0.1) is 5.75 Å². The summed E-state index contributed by atoms with van der Waals surface area (Å²) in [6.07, 6.45) is 0. The summed E-state index contributed by atoms with van der Waals surface area (Å²) in [6.45, 7) is 8.87. The first kappa shape index (κ1) is 22.9. The molecular formula is C24H30N4O2S. The van der Waals surface area contributed by atoms with E-state index >= 15 is 0 Å². The molecule has 0 aliphatic carbocycles. The third-order valence-electron chi connectivity index (χ3n) is 5.03. The predicted molar refractivity (Wildman–Crippen MR) is 126 cm³/mol. The van der Waals surface area contributed by atoms with E-state index in [0.29, 0.717) is 29.4 Å². The second-order valence-electron chi connectivity index (χ2n) is 8.05. The zero-order chi connectivity index (χ0) is 22.4. The van der Waals surface area contributed by atoms with Gasteiger partial charge in [0, 0.05) is 12.7 Å². The average Bonchev–Trinajstić information content (AvgIpc) is 3.10. The standard InChI is InChI=1S/C24H30N4O2S/c1-16(2)18-10-12-19(13-11-18)30-14-22-26-27-24(28(22)5)31-15-23(29)25-21-9-7-6-8-20(21)17(3)4/h6-13,16-17H,14-15H2,1-5H3,(H,25,29). The molecule has 0 fully saturated rings. The molecular weight excluding hydrogens is 408 g/mol. The number of para-hydroxylation sites is 1. The van der Waals surface area contributed by atoms with Crippen molar-refractivity contribution in [3.05, 3.63) is 65.5 Å². The Morgan fingerprint density at radius 2 is 1.74 bits per heavy atom. The van der Waals surface area contributed by atoms with E-state index in [1.165, 1.54) is 17.3 Å². The molecule has 0 aliphatic heterocycles. The first-order valence-corrected chi connectivity index (χ1v) is 11.5. The van der Waals surface area contributed by atoms with E-state index in [-0.39, 0.29) is 11.7 Å². The summed E-state index contributed by atoms with van der Waals surface area (Å²) >= 11 is 1.36. The molecule has 164 valence electrons. The Bertz CT molecular complexity index is 1010. The Morgan fingerprint density at radius 1 is 1.03 bits per heavy atom. The zero-order valence-corrected chi connectivity index (χ0v) is 19.6. The van der Waals surface area contributed by atoms with Crippen molar-refractivity contribution < 1.29 is 9.53 Å². The average molecular weight is 439 g/mol.